The monoisotopic (exact) mass is 314 g/mol. The average Bonchev–Trinajstić information content (AvgIpc) is 2.84. The fraction of sp³-hybridized carbons (Fsp3) is 0.533. The Hall–Kier alpha value is -1.14. The lowest BCUT2D eigenvalue weighted by Crippen LogP contribution is -2.38. The van der Waals surface area contributed by atoms with Crippen molar-refractivity contribution in [1.29, 1.82) is 0 Å². The van der Waals surface area contributed by atoms with E-state index in [1.54, 1.807) is 4.90 Å². The molecule has 1 aromatic rings. The van der Waals surface area contributed by atoms with E-state index in [-0.39, 0.29) is 24.7 Å². The molecule has 116 valence electrons. The van der Waals surface area contributed by atoms with Crippen molar-refractivity contribution in [3.8, 4) is 0 Å². The van der Waals surface area contributed by atoms with Crippen molar-refractivity contribution in [3.05, 3.63) is 35.4 Å². The fourth-order valence-corrected chi connectivity index (χ4v) is 3.31. The van der Waals surface area contributed by atoms with E-state index in [1.165, 1.54) is 6.07 Å². The Bertz CT molecular complexity index is 512. The summed E-state index contributed by atoms with van der Waals surface area (Å²) >= 11 is 1.83. The van der Waals surface area contributed by atoms with Gasteiger partial charge >= 0.3 is 0 Å². The minimum atomic E-state index is -0.886. The number of rotatable bonds is 6. The van der Waals surface area contributed by atoms with Crippen LogP contribution >= 0.6 is 11.8 Å². The van der Waals surface area contributed by atoms with Crippen molar-refractivity contribution in [1.82, 2.24) is 10.2 Å². The molecule has 1 amide bonds. The second-order valence-electron chi connectivity index (χ2n) is 5.09. The maximum absolute atomic E-state index is 13.4. The van der Waals surface area contributed by atoms with E-state index in [4.69, 9.17) is 0 Å². The van der Waals surface area contributed by atoms with Crippen molar-refractivity contribution in [2.45, 2.75) is 32.5 Å². The van der Waals surface area contributed by atoms with Crippen LogP contribution in [0.2, 0.25) is 0 Å². The quantitative estimate of drug-likeness (QED) is 0.820. The van der Waals surface area contributed by atoms with Crippen molar-refractivity contribution < 1.29 is 13.6 Å². The molecule has 1 aliphatic heterocycles. The van der Waals surface area contributed by atoms with Crippen LogP contribution in [0.4, 0.5) is 8.78 Å². The predicted octanol–water partition coefficient (Wildman–Crippen LogP) is 2.93. The van der Waals surface area contributed by atoms with Gasteiger partial charge in [-0.1, -0.05) is 13.0 Å². The lowest BCUT2D eigenvalue weighted by molar-refractivity contribution is -0.130. The number of carbonyl (C=O) groups is 1. The Kier molecular flexibility index (Phi) is 5.58. The number of thioether (sulfide) groups is 1. The molecule has 1 saturated heterocycles. The van der Waals surface area contributed by atoms with E-state index in [0.29, 0.717) is 5.56 Å². The van der Waals surface area contributed by atoms with Gasteiger partial charge in [-0.3, -0.25) is 10.1 Å². The van der Waals surface area contributed by atoms with Crippen LogP contribution in [0.3, 0.4) is 0 Å². The third kappa shape index (κ3) is 3.74. The molecule has 2 rings (SSSR count). The standard InChI is InChI=1S/C15H20F2N2OS/c1-3-21-7-6-10(2)19-14(20)9-18-15(19)11-4-5-12(16)13(17)8-11/h4-5,8,10,15,18H,3,6-7,9H2,1-2H3. The van der Waals surface area contributed by atoms with Crippen molar-refractivity contribution >= 4 is 17.7 Å². The molecular weight excluding hydrogens is 294 g/mol. The van der Waals surface area contributed by atoms with Gasteiger partial charge in [0.25, 0.3) is 0 Å². The number of amides is 1. The molecule has 3 nitrogen and oxygen atoms in total. The molecule has 0 bridgehead atoms. The zero-order valence-electron chi connectivity index (χ0n) is 12.2. The largest absolute Gasteiger partial charge is 0.319 e. The topological polar surface area (TPSA) is 32.3 Å². The van der Waals surface area contributed by atoms with Crippen molar-refractivity contribution in [3.63, 3.8) is 0 Å². The van der Waals surface area contributed by atoms with Gasteiger partial charge in [0.2, 0.25) is 5.91 Å². The number of benzene rings is 1. The number of hydrogen-bond donors (Lipinski definition) is 1. The van der Waals surface area contributed by atoms with E-state index in [1.807, 2.05) is 18.7 Å². The molecule has 0 radical (unpaired) electrons. The molecule has 1 heterocycles. The van der Waals surface area contributed by atoms with Crippen LogP contribution in [0, 0.1) is 11.6 Å². The summed E-state index contributed by atoms with van der Waals surface area (Å²) in [5.74, 6) is 0.265. The maximum atomic E-state index is 13.4. The molecule has 0 aliphatic carbocycles. The summed E-state index contributed by atoms with van der Waals surface area (Å²) in [5, 5.41) is 3.07. The number of hydrogen-bond acceptors (Lipinski definition) is 3. The summed E-state index contributed by atoms with van der Waals surface area (Å²) < 4.78 is 26.4. The molecule has 21 heavy (non-hydrogen) atoms. The highest BCUT2D eigenvalue weighted by atomic mass is 32.2. The average molecular weight is 314 g/mol. The Morgan fingerprint density at radius 3 is 2.86 bits per heavy atom. The summed E-state index contributed by atoms with van der Waals surface area (Å²) in [4.78, 5) is 13.8. The van der Waals surface area contributed by atoms with Crippen LogP contribution in [0.15, 0.2) is 18.2 Å². The first-order valence-electron chi connectivity index (χ1n) is 7.11. The predicted molar refractivity (Wildman–Crippen MR) is 81.0 cm³/mol. The summed E-state index contributed by atoms with van der Waals surface area (Å²) in [6, 6.07) is 3.84. The maximum Gasteiger partial charge on any atom is 0.238 e. The van der Waals surface area contributed by atoms with E-state index >= 15 is 0 Å². The SMILES string of the molecule is CCSCCC(C)N1C(=O)CNC1c1ccc(F)c(F)c1. The van der Waals surface area contributed by atoms with Crippen LogP contribution in [-0.4, -0.2) is 34.9 Å². The molecule has 0 saturated carbocycles. The molecule has 2 unspecified atom stereocenters. The first kappa shape index (κ1) is 16.2. The first-order valence-corrected chi connectivity index (χ1v) is 8.27. The van der Waals surface area contributed by atoms with Crippen LogP contribution in [0.1, 0.15) is 32.0 Å². The zero-order valence-corrected chi connectivity index (χ0v) is 13.1. The summed E-state index contributed by atoms with van der Waals surface area (Å²) in [7, 11) is 0. The Morgan fingerprint density at radius 1 is 1.43 bits per heavy atom. The van der Waals surface area contributed by atoms with Crippen molar-refractivity contribution in [2.24, 2.45) is 0 Å². The van der Waals surface area contributed by atoms with Crippen LogP contribution in [-0.2, 0) is 4.79 Å². The van der Waals surface area contributed by atoms with Gasteiger partial charge in [0.05, 0.1) is 6.54 Å². The normalized spacial score (nSPS) is 20.1. The molecule has 0 spiro atoms. The van der Waals surface area contributed by atoms with Crippen molar-refractivity contribution in [2.75, 3.05) is 18.1 Å². The third-order valence-electron chi connectivity index (χ3n) is 3.63. The van der Waals surface area contributed by atoms with Gasteiger partial charge in [0, 0.05) is 6.04 Å². The molecule has 1 fully saturated rings. The third-order valence-corrected chi connectivity index (χ3v) is 4.56. The molecule has 1 N–H and O–H groups in total. The summed E-state index contributed by atoms with van der Waals surface area (Å²) in [6.45, 7) is 4.32. The minimum Gasteiger partial charge on any atom is -0.319 e. The molecule has 6 heteroatoms. The second-order valence-corrected chi connectivity index (χ2v) is 6.49. The smallest absolute Gasteiger partial charge is 0.238 e. The van der Waals surface area contributed by atoms with Crippen LogP contribution in [0.5, 0.6) is 0 Å². The van der Waals surface area contributed by atoms with Gasteiger partial charge in [-0.2, -0.15) is 11.8 Å². The fourth-order valence-electron chi connectivity index (χ4n) is 2.52. The highest BCUT2D eigenvalue weighted by Gasteiger charge is 2.35. The highest BCUT2D eigenvalue weighted by molar-refractivity contribution is 7.99. The molecule has 1 aromatic carbocycles. The Morgan fingerprint density at radius 2 is 2.19 bits per heavy atom. The van der Waals surface area contributed by atoms with Gasteiger partial charge in [-0.25, -0.2) is 8.78 Å². The molecule has 2 atom stereocenters. The van der Waals surface area contributed by atoms with E-state index in [0.717, 1.165) is 30.1 Å². The number of nitrogens with one attached hydrogen (secondary N) is 1. The number of halogens is 2. The molecular formula is C15H20F2N2OS. The first-order chi connectivity index (χ1) is 10.0. The summed E-state index contributed by atoms with van der Waals surface area (Å²) in [6.07, 6.45) is 0.501. The van der Waals surface area contributed by atoms with Gasteiger partial charge in [0.15, 0.2) is 11.6 Å². The van der Waals surface area contributed by atoms with E-state index in [2.05, 4.69) is 12.2 Å². The van der Waals surface area contributed by atoms with Gasteiger partial charge < -0.3 is 4.90 Å². The van der Waals surface area contributed by atoms with E-state index in [9.17, 15) is 13.6 Å². The van der Waals surface area contributed by atoms with Gasteiger partial charge in [-0.05, 0) is 42.5 Å². The second kappa shape index (κ2) is 7.22. The lowest BCUT2D eigenvalue weighted by Gasteiger charge is -2.30. The molecule has 0 aromatic heterocycles. The van der Waals surface area contributed by atoms with E-state index < -0.39 is 11.6 Å². The molecule has 1 aliphatic rings. The zero-order chi connectivity index (χ0) is 15.4. The Labute approximate surface area is 128 Å². The Balaban J connectivity index is 2.13. The lowest BCUT2D eigenvalue weighted by atomic mass is 10.1. The summed E-state index contributed by atoms with van der Waals surface area (Å²) in [5.41, 5.74) is 0.578. The van der Waals surface area contributed by atoms with Gasteiger partial charge in [0.1, 0.15) is 6.17 Å². The number of nitrogens with zero attached hydrogens (tertiary/aromatic N) is 1. The van der Waals surface area contributed by atoms with Crippen LogP contribution in [0.25, 0.3) is 0 Å². The minimum absolute atomic E-state index is 0.00117. The van der Waals surface area contributed by atoms with Gasteiger partial charge in [-0.15, -0.1) is 0 Å². The number of carbonyl (C=O) groups excluding carboxylic acids is 1. The van der Waals surface area contributed by atoms with Crippen LogP contribution < -0.4 is 5.32 Å². The highest BCUT2D eigenvalue weighted by Crippen LogP contribution is 2.27.